The third-order valence-electron chi connectivity index (χ3n) is 6.46. The lowest BCUT2D eigenvalue weighted by atomic mass is 9.99. The van der Waals surface area contributed by atoms with E-state index in [-0.39, 0.29) is 11.8 Å². The molecule has 180 valence electrons. The highest BCUT2D eigenvalue weighted by Crippen LogP contribution is 2.35. The van der Waals surface area contributed by atoms with Crippen molar-refractivity contribution >= 4 is 23.6 Å². The summed E-state index contributed by atoms with van der Waals surface area (Å²) in [5.74, 6) is -0.256. The van der Waals surface area contributed by atoms with Gasteiger partial charge in [-0.3, -0.25) is 14.5 Å². The molecule has 8 heteroatoms. The first-order valence-corrected chi connectivity index (χ1v) is 11.8. The first-order valence-electron chi connectivity index (χ1n) is 11.8. The average Bonchev–Trinajstić information content (AvgIpc) is 3.14. The monoisotopic (exact) mass is 464 g/mol. The van der Waals surface area contributed by atoms with E-state index < -0.39 is 18.2 Å². The zero-order valence-electron chi connectivity index (χ0n) is 20.0. The molecule has 34 heavy (non-hydrogen) atoms. The molecule has 2 fully saturated rings. The van der Waals surface area contributed by atoms with E-state index in [2.05, 4.69) is 17.1 Å². The van der Waals surface area contributed by atoms with Crippen LogP contribution in [0, 0.1) is 6.92 Å². The maximum atomic E-state index is 13.8. The fraction of sp³-hybridized carbons (Fsp3) is 0.423. The molecule has 2 unspecified atom stereocenters. The van der Waals surface area contributed by atoms with Crippen LogP contribution in [0.1, 0.15) is 36.6 Å². The van der Waals surface area contributed by atoms with E-state index >= 15 is 0 Å². The van der Waals surface area contributed by atoms with Gasteiger partial charge in [0, 0.05) is 38.8 Å². The van der Waals surface area contributed by atoms with Crippen LogP contribution >= 0.6 is 0 Å². The van der Waals surface area contributed by atoms with Gasteiger partial charge in [0.05, 0.1) is 6.54 Å². The molecule has 2 aliphatic rings. The normalized spacial score (nSPS) is 20.9. The van der Waals surface area contributed by atoms with Gasteiger partial charge in [-0.2, -0.15) is 0 Å². The van der Waals surface area contributed by atoms with E-state index in [0.29, 0.717) is 25.3 Å². The Labute approximate surface area is 200 Å². The topological polar surface area (TPSA) is 82.2 Å². The maximum Gasteiger partial charge on any atom is 0.411 e. The Kier molecular flexibility index (Phi) is 7.17. The fourth-order valence-electron chi connectivity index (χ4n) is 4.63. The number of nitrogens with one attached hydrogen (secondary N) is 1. The molecule has 0 saturated carbocycles. The number of aryl methyl sites for hydroxylation is 1. The number of ether oxygens (including phenoxy) is 1. The highest BCUT2D eigenvalue weighted by molar-refractivity contribution is 5.90. The molecule has 0 bridgehead atoms. The predicted molar refractivity (Wildman–Crippen MR) is 129 cm³/mol. The lowest BCUT2D eigenvalue weighted by Crippen LogP contribution is -2.54. The highest BCUT2D eigenvalue weighted by Gasteiger charge is 2.48. The summed E-state index contributed by atoms with van der Waals surface area (Å²) in [6.45, 7) is 9.71. The third-order valence-corrected chi connectivity index (χ3v) is 6.46. The number of piperazine rings is 1. The molecule has 0 spiro atoms. The van der Waals surface area contributed by atoms with Crippen LogP contribution in [-0.2, 0) is 20.9 Å². The van der Waals surface area contributed by atoms with Crippen LogP contribution in [0.25, 0.3) is 0 Å². The number of carbonyl (C=O) groups excluding carboxylic acids is 3. The standard InChI is InChI=1S/C26H32N4O4/c1-4-28-12-14-29(15-13-28)25(32)23-24(21-8-10-22(11-9-21)27-19(3)31)34-26(33)30(23)17-20-7-5-6-18(2)16-20/h5-11,16,23-24H,4,12-15,17H2,1-3H3,(H,27,31). The number of carbonyl (C=O) groups is 3. The van der Waals surface area contributed by atoms with E-state index in [0.717, 1.165) is 36.3 Å². The maximum absolute atomic E-state index is 13.8. The Morgan fingerprint density at radius 1 is 1.06 bits per heavy atom. The predicted octanol–water partition coefficient (Wildman–Crippen LogP) is 3.18. The van der Waals surface area contributed by atoms with Crippen LogP contribution in [0.3, 0.4) is 0 Å². The summed E-state index contributed by atoms with van der Waals surface area (Å²) < 4.78 is 5.79. The van der Waals surface area contributed by atoms with Gasteiger partial charge >= 0.3 is 6.09 Å². The van der Waals surface area contributed by atoms with Gasteiger partial charge in [-0.15, -0.1) is 0 Å². The minimum atomic E-state index is -0.757. The molecule has 2 aliphatic heterocycles. The van der Waals surface area contributed by atoms with Gasteiger partial charge in [-0.1, -0.05) is 48.9 Å². The minimum Gasteiger partial charge on any atom is -0.438 e. The molecule has 2 aromatic carbocycles. The first-order chi connectivity index (χ1) is 16.4. The van der Waals surface area contributed by atoms with Crippen molar-refractivity contribution in [2.75, 3.05) is 38.0 Å². The number of hydrogen-bond acceptors (Lipinski definition) is 5. The number of nitrogens with zero attached hydrogens (tertiary/aromatic N) is 3. The van der Waals surface area contributed by atoms with Crippen molar-refractivity contribution < 1.29 is 19.1 Å². The van der Waals surface area contributed by atoms with Crippen molar-refractivity contribution in [1.82, 2.24) is 14.7 Å². The number of benzene rings is 2. The Balaban J connectivity index is 1.62. The molecule has 2 saturated heterocycles. The summed E-state index contributed by atoms with van der Waals surface area (Å²) in [5.41, 5.74) is 3.41. The summed E-state index contributed by atoms with van der Waals surface area (Å²) >= 11 is 0. The van der Waals surface area contributed by atoms with Crippen molar-refractivity contribution in [2.45, 2.75) is 39.5 Å². The lowest BCUT2D eigenvalue weighted by molar-refractivity contribution is -0.138. The van der Waals surface area contributed by atoms with Crippen molar-refractivity contribution in [3.05, 3.63) is 65.2 Å². The van der Waals surface area contributed by atoms with Crippen molar-refractivity contribution in [3.63, 3.8) is 0 Å². The van der Waals surface area contributed by atoms with Gasteiger partial charge in [0.25, 0.3) is 0 Å². The van der Waals surface area contributed by atoms with Crippen molar-refractivity contribution in [2.24, 2.45) is 0 Å². The fourth-order valence-corrected chi connectivity index (χ4v) is 4.63. The molecule has 4 rings (SSSR count). The quantitative estimate of drug-likeness (QED) is 0.710. The summed E-state index contributed by atoms with van der Waals surface area (Å²) in [6, 6.07) is 14.3. The minimum absolute atomic E-state index is 0.0924. The Bertz CT molecular complexity index is 1050. The average molecular weight is 465 g/mol. The van der Waals surface area contributed by atoms with E-state index in [9.17, 15) is 14.4 Å². The molecular weight excluding hydrogens is 432 g/mol. The van der Waals surface area contributed by atoms with Crippen molar-refractivity contribution in [3.8, 4) is 0 Å². The number of hydrogen-bond donors (Lipinski definition) is 1. The molecule has 0 radical (unpaired) electrons. The van der Waals surface area contributed by atoms with Crippen LogP contribution in [0.2, 0.25) is 0 Å². The Morgan fingerprint density at radius 3 is 2.38 bits per heavy atom. The summed E-state index contributed by atoms with van der Waals surface area (Å²) in [5, 5.41) is 2.74. The van der Waals surface area contributed by atoms with Crippen LogP contribution in [-0.4, -0.2) is 71.4 Å². The van der Waals surface area contributed by atoms with Gasteiger partial charge < -0.3 is 19.9 Å². The second-order valence-electron chi connectivity index (χ2n) is 8.93. The highest BCUT2D eigenvalue weighted by atomic mass is 16.6. The van der Waals surface area contributed by atoms with Gasteiger partial charge in [-0.25, -0.2) is 4.79 Å². The van der Waals surface area contributed by atoms with Crippen LogP contribution in [0.15, 0.2) is 48.5 Å². The number of cyclic esters (lactones) is 1. The second-order valence-corrected chi connectivity index (χ2v) is 8.93. The number of anilines is 1. The van der Waals surface area contributed by atoms with Crippen LogP contribution in [0.4, 0.5) is 10.5 Å². The molecule has 8 nitrogen and oxygen atoms in total. The number of likely N-dealkylation sites (N-methyl/N-ethyl adjacent to an activating group) is 1. The molecule has 0 aromatic heterocycles. The lowest BCUT2D eigenvalue weighted by Gasteiger charge is -2.37. The number of amides is 3. The molecule has 2 heterocycles. The molecule has 0 aliphatic carbocycles. The Hall–Kier alpha value is -3.39. The summed E-state index contributed by atoms with van der Waals surface area (Å²) in [7, 11) is 0. The SMILES string of the molecule is CCN1CCN(C(=O)C2C(c3ccc(NC(C)=O)cc3)OC(=O)N2Cc2cccc(C)c2)CC1. The van der Waals surface area contributed by atoms with Gasteiger partial charge in [-0.05, 0) is 36.7 Å². The van der Waals surface area contributed by atoms with Gasteiger partial charge in [0.2, 0.25) is 11.8 Å². The van der Waals surface area contributed by atoms with E-state index in [1.54, 1.807) is 29.2 Å². The molecule has 3 amide bonds. The third kappa shape index (κ3) is 5.22. The molecule has 2 aromatic rings. The smallest absolute Gasteiger partial charge is 0.411 e. The second kappa shape index (κ2) is 10.3. The van der Waals surface area contributed by atoms with Crippen molar-refractivity contribution in [1.29, 1.82) is 0 Å². The molecule has 1 N–H and O–H groups in total. The summed E-state index contributed by atoms with van der Waals surface area (Å²) in [4.78, 5) is 43.9. The molecular formula is C26H32N4O4. The zero-order valence-corrected chi connectivity index (χ0v) is 20.0. The number of rotatable bonds is 6. The summed E-state index contributed by atoms with van der Waals surface area (Å²) in [6.07, 6.45) is -1.22. The van der Waals surface area contributed by atoms with Gasteiger partial charge in [0.15, 0.2) is 12.1 Å². The first kappa shape index (κ1) is 23.8. The van der Waals surface area contributed by atoms with Crippen LogP contribution in [0.5, 0.6) is 0 Å². The van der Waals surface area contributed by atoms with E-state index in [1.165, 1.54) is 6.92 Å². The Morgan fingerprint density at radius 2 is 1.76 bits per heavy atom. The molecule has 2 atom stereocenters. The zero-order chi connectivity index (χ0) is 24.2. The van der Waals surface area contributed by atoms with Gasteiger partial charge in [0.1, 0.15) is 0 Å². The van der Waals surface area contributed by atoms with Crippen LogP contribution < -0.4 is 5.32 Å². The van der Waals surface area contributed by atoms with E-state index in [1.807, 2.05) is 36.1 Å². The van der Waals surface area contributed by atoms with E-state index in [4.69, 9.17) is 4.74 Å². The largest absolute Gasteiger partial charge is 0.438 e.